The monoisotopic (exact) mass is 287 g/mol. The molecule has 3 rings (SSSR count). The van der Waals surface area contributed by atoms with Gasteiger partial charge in [0.05, 0.1) is 5.69 Å². The van der Waals surface area contributed by atoms with Crippen LogP contribution in [0.5, 0.6) is 0 Å². The van der Waals surface area contributed by atoms with Crippen molar-refractivity contribution in [3.8, 4) is 0 Å². The number of carbonyl (C=O) groups excluding carboxylic acids is 1. The van der Waals surface area contributed by atoms with Gasteiger partial charge in [-0.15, -0.1) is 0 Å². The van der Waals surface area contributed by atoms with Crippen molar-refractivity contribution < 1.29 is 4.79 Å². The number of likely N-dealkylation sites (tertiary alicyclic amines) is 1. The number of amides is 1. The van der Waals surface area contributed by atoms with Crippen LogP contribution in [-0.4, -0.2) is 35.9 Å². The molecule has 1 amide bonds. The van der Waals surface area contributed by atoms with Crippen molar-refractivity contribution in [1.29, 1.82) is 0 Å². The zero-order valence-corrected chi connectivity index (χ0v) is 13.1. The molecule has 0 bridgehead atoms. The van der Waals surface area contributed by atoms with E-state index >= 15 is 0 Å². The lowest BCUT2D eigenvalue weighted by molar-refractivity contribution is -0.127. The van der Waals surface area contributed by atoms with Crippen LogP contribution < -0.4 is 5.32 Å². The minimum Gasteiger partial charge on any atom is -0.359 e. The molecule has 2 fully saturated rings. The van der Waals surface area contributed by atoms with Gasteiger partial charge in [-0.1, -0.05) is 12.5 Å². The summed E-state index contributed by atoms with van der Waals surface area (Å²) >= 11 is 0. The molecule has 1 aromatic rings. The molecule has 2 atom stereocenters. The van der Waals surface area contributed by atoms with Crippen LogP contribution in [0.2, 0.25) is 0 Å². The molecule has 114 valence electrons. The Labute approximate surface area is 126 Å². The SMILES string of the molecule is CNC(=O)[C@H]1CCC[C@]12CCN(Cc1ncccc1C)C2. The zero-order chi connectivity index (χ0) is 14.9. The number of aromatic nitrogens is 1. The van der Waals surface area contributed by atoms with E-state index in [-0.39, 0.29) is 17.2 Å². The van der Waals surface area contributed by atoms with Crippen LogP contribution in [0.4, 0.5) is 0 Å². The van der Waals surface area contributed by atoms with Crippen molar-refractivity contribution in [1.82, 2.24) is 15.2 Å². The molecule has 4 heteroatoms. The maximum atomic E-state index is 12.2. The maximum absolute atomic E-state index is 12.2. The maximum Gasteiger partial charge on any atom is 0.223 e. The van der Waals surface area contributed by atoms with Crippen LogP contribution in [0.3, 0.4) is 0 Å². The molecule has 0 radical (unpaired) electrons. The van der Waals surface area contributed by atoms with E-state index in [1.165, 1.54) is 24.1 Å². The summed E-state index contributed by atoms with van der Waals surface area (Å²) in [5, 5.41) is 2.86. The van der Waals surface area contributed by atoms with E-state index in [0.29, 0.717) is 0 Å². The second kappa shape index (κ2) is 5.76. The summed E-state index contributed by atoms with van der Waals surface area (Å²) in [4.78, 5) is 19.1. The minimum absolute atomic E-state index is 0.206. The van der Waals surface area contributed by atoms with Crippen molar-refractivity contribution in [3.63, 3.8) is 0 Å². The number of rotatable bonds is 3. The standard InChI is InChI=1S/C17H25N3O/c1-13-5-4-9-19-15(13)11-20-10-8-17(12-20)7-3-6-14(17)16(21)18-2/h4-5,9,14H,3,6-8,10-12H2,1-2H3,(H,18,21)/t14-,17-/m1/s1. The Kier molecular flexibility index (Phi) is 3.98. The van der Waals surface area contributed by atoms with E-state index in [1.807, 2.05) is 12.3 Å². The van der Waals surface area contributed by atoms with E-state index in [1.54, 1.807) is 7.05 Å². The van der Waals surface area contributed by atoms with Gasteiger partial charge in [-0.2, -0.15) is 0 Å². The topological polar surface area (TPSA) is 45.2 Å². The predicted molar refractivity (Wildman–Crippen MR) is 82.7 cm³/mol. The van der Waals surface area contributed by atoms with Gasteiger partial charge in [-0.25, -0.2) is 0 Å². The lowest BCUT2D eigenvalue weighted by atomic mass is 9.76. The minimum atomic E-state index is 0.206. The van der Waals surface area contributed by atoms with Crippen LogP contribution in [0.1, 0.15) is 36.9 Å². The Morgan fingerprint density at radius 2 is 2.38 bits per heavy atom. The first-order valence-electron chi connectivity index (χ1n) is 7.99. The second-order valence-electron chi connectivity index (χ2n) is 6.65. The summed E-state index contributed by atoms with van der Waals surface area (Å²) in [5.41, 5.74) is 2.64. The second-order valence-corrected chi connectivity index (χ2v) is 6.65. The highest BCUT2D eigenvalue weighted by Crippen LogP contribution is 2.50. The van der Waals surface area contributed by atoms with Crippen LogP contribution in [0, 0.1) is 18.3 Å². The fraction of sp³-hybridized carbons (Fsp3) is 0.647. The van der Waals surface area contributed by atoms with Gasteiger partial charge in [0.15, 0.2) is 0 Å². The van der Waals surface area contributed by atoms with Crippen LogP contribution in [0.15, 0.2) is 18.3 Å². The fourth-order valence-corrected chi connectivity index (χ4v) is 4.23. The van der Waals surface area contributed by atoms with Crippen LogP contribution in [-0.2, 0) is 11.3 Å². The summed E-state index contributed by atoms with van der Waals surface area (Å²) in [6.45, 7) is 5.16. The summed E-state index contributed by atoms with van der Waals surface area (Å²) in [6, 6.07) is 4.11. The number of hydrogen-bond donors (Lipinski definition) is 1. The number of pyridine rings is 1. The highest BCUT2D eigenvalue weighted by Gasteiger charge is 2.49. The zero-order valence-electron chi connectivity index (χ0n) is 13.1. The Morgan fingerprint density at radius 3 is 3.14 bits per heavy atom. The van der Waals surface area contributed by atoms with E-state index in [9.17, 15) is 4.79 Å². The van der Waals surface area contributed by atoms with E-state index in [0.717, 1.165) is 32.5 Å². The van der Waals surface area contributed by atoms with Crippen molar-refractivity contribution in [3.05, 3.63) is 29.6 Å². The molecule has 4 nitrogen and oxygen atoms in total. The molecular formula is C17H25N3O. The first kappa shape index (κ1) is 14.5. The number of hydrogen-bond acceptors (Lipinski definition) is 3. The third kappa shape index (κ3) is 2.69. The van der Waals surface area contributed by atoms with Gasteiger partial charge in [0.1, 0.15) is 0 Å². The van der Waals surface area contributed by atoms with Crippen molar-refractivity contribution in [2.45, 2.75) is 39.2 Å². The Morgan fingerprint density at radius 1 is 1.52 bits per heavy atom. The van der Waals surface area contributed by atoms with Crippen LogP contribution >= 0.6 is 0 Å². The highest BCUT2D eigenvalue weighted by atomic mass is 16.1. The van der Waals surface area contributed by atoms with Gasteiger partial charge < -0.3 is 5.32 Å². The summed E-state index contributed by atoms with van der Waals surface area (Å²) < 4.78 is 0. The Balaban J connectivity index is 1.70. The van der Waals surface area contributed by atoms with Gasteiger partial charge in [0, 0.05) is 32.3 Å². The van der Waals surface area contributed by atoms with E-state index in [2.05, 4.69) is 28.2 Å². The van der Waals surface area contributed by atoms with Crippen molar-refractivity contribution in [2.24, 2.45) is 11.3 Å². The number of nitrogens with zero attached hydrogens (tertiary/aromatic N) is 2. The van der Waals surface area contributed by atoms with Gasteiger partial charge in [0.2, 0.25) is 5.91 Å². The molecule has 1 spiro atoms. The molecule has 0 unspecified atom stereocenters. The summed E-state index contributed by atoms with van der Waals surface area (Å²) in [5.74, 6) is 0.445. The number of nitrogens with one attached hydrogen (secondary N) is 1. The van der Waals surface area contributed by atoms with Gasteiger partial charge in [-0.05, 0) is 49.8 Å². The molecule has 1 aromatic heterocycles. The number of aryl methyl sites for hydroxylation is 1. The third-order valence-corrected chi connectivity index (χ3v) is 5.43. The number of carbonyl (C=O) groups is 1. The predicted octanol–water partition coefficient (Wildman–Crippen LogP) is 2.13. The molecule has 1 saturated heterocycles. The van der Waals surface area contributed by atoms with Crippen LogP contribution in [0.25, 0.3) is 0 Å². The fourth-order valence-electron chi connectivity index (χ4n) is 4.23. The molecule has 2 heterocycles. The largest absolute Gasteiger partial charge is 0.359 e. The van der Waals surface area contributed by atoms with Crippen molar-refractivity contribution >= 4 is 5.91 Å². The lowest BCUT2D eigenvalue weighted by Gasteiger charge is -2.30. The summed E-state index contributed by atoms with van der Waals surface area (Å²) in [7, 11) is 1.76. The average Bonchev–Trinajstić information content (AvgIpc) is 3.08. The Bertz CT molecular complexity index is 531. The van der Waals surface area contributed by atoms with Gasteiger partial charge >= 0.3 is 0 Å². The molecule has 1 N–H and O–H groups in total. The molecule has 1 saturated carbocycles. The molecule has 21 heavy (non-hydrogen) atoms. The smallest absolute Gasteiger partial charge is 0.223 e. The quantitative estimate of drug-likeness (QED) is 0.926. The molecular weight excluding hydrogens is 262 g/mol. The lowest BCUT2D eigenvalue weighted by Crippen LogP contribution is -2.39. The van der Waals surface area contributed by atoms with E-state index in [4.69, 9.17) is 0 Å². The normalized spacial score (nSPS) is 29.1. The molecule has 0 aromatic carbocycles. The highest BCUT2D eigenvalue weighted by molar-refractivity contribution is 5.79. The molecule has 1 aliphatic heterocycles. The Hall–Kier alpha value is -1.42. The first-order chi connectivity index (χ1) is 10.1. The molecule has 1 aliphatic carbocycles. The molecule has 2 aliphatic rings. The third-order valence-electron chi connectivity index (χ3n) is 5.43. The first-order valence-corrected chi connectivity index (χ1v) is 7.99. The van der Waals surface area contributed by atoms with Gasteiger partial charge in [-0.3, -0.25) is 14.7 Å². The summed E-state index contributed by atoms with van der Waals surface area (Å²) in [6.07, 6.45) is 6.46. The van der Waals surface area contributed by atoms with Crippen molar-refractivity contribution in [2.75, 3.05) is 20.1 Å². The van der Waals surface area contributed by atoms with E-state index < -0.39 is 0 Å². The average molecular weight is 287 g/mol. The van der Waals surface area contributed by atoms with Gasteiger partial charge in [0.25, 0.3) is 0 Å².